The second-order valence-corrected chi connectivity index (χ2v) is 19.6. The van der Waals surface area contributed by atoms with Crippen molar-refractivity contribution in [3.05, 3.63) is 269 Å². The zero-order chi connectivity index (χ0) is 46.8. The molecule has 0 radical (unpaired) electrons. The van der Waals surface area contributed by atoms with Crippen LogP contribution in [0.5, 0.6) is 0 Å². The van der Waals surface area contributed by atoms with Crippen LogP contribution in [0.1, 0.15) is 71.7 Å². The fourth-order valence-electron chi connectivity index (χ4n) is 10.2. The van der Waals surface area contributed by atoms with E-state index < -0.39 is 0 Å². The molecule has 1 atom stereocenters. The third kappa shape index (κ3) is 9.25. The van der Waals surface area contributed by atoms with Crippen LogP contribution in [0.15, 0.2) is 224 Å². The first-order valence-corrected chi connectivity index (χ1v) is 24.3. The zero-order valence-electron chi connectivity index (χ0n) is 40.4. The minimum atomic E-state index is 0.0377. The summed E-state index contributed by atoms with van der Waals surface area (Å²) >= 11 is 0. The number of allylic oxidation sites excluding steroid dienone is 4. The maximum atomic E-state index is 2.42. The van der Waals surface area contributed by atoms with E-state index in [1.807, 2.05) is 6.07 Å². The Hall–Kier alpha value is -7.54. The van der Waals surface area contributed by atoms with Crippen LogP contribution in [-0.2, 0) is 11.8 Å². The Kier molecular flexibility index (Phi) is 12.4. The van der Waals surface area contributed by atoms with Crippen molar-refractivity contribution in [2.45, 2.75) is 59.8 Å². The summed E-state index contributed by atoms with van der Waals surface area (Å²) in [7, 11) is 0. The summed E-state index contributed by atoms with van der Waals surface area (Å²) in [6.45, 7) is 13.4. The predicted octanol–water partition coefficient (Wildman–Crippen LogP) is 18.5. The molecule has 332 valence electrons. The highest BCUT2D eigenvalue weighted by Gasteiger charge is 2.35. The van der Waals surface area contributed by atoms with Gasteiger partial charge in [-0.3, -0.25) is 0 Å². The molecule has 9 aromatic carbocycles. The van der Waals surface area contributed by atoms with E-state index in [0.717, 1.165) is 12.8 Å². The van der Waals surface area contributed by atoms with Crippen LogP contribution in [0.25, 0.3) is 72.3 Å². The van der Waals surface area contributed by atoms with Gasteiger partial charge in [-0.25, -0.2) is 0 Å². The molecule has 68 heavy (non-hydrogen) atoms. The van der Waals surface area contributed by atoms with Crippen LogP contribution < -0.4 is 0 Å². The first-order valence-electron chi connectivity index (χ1n) is 24.3. The van der Waals surface area contributed by atoms with Crippen molar-refractivity contribution in [3.8, 4) is 66.8 Å². The molecule has 0 saturated carbocycles. The van der Waals surface area contributed by atoms with Gasteiger partial charge in [0.2, 0.25) is 0 Å². The first-order chi connectivity index (χ1) is 33.1. The minimum Gasteiger partial charge on any atom is -0.0808 e. The molecule has 0 amide bonds. The number of fused-ring (bicyclic) bond motifs is 6. The Morgan fingerprint density at radius 2 is 0.838 bits per heavy atom. The summed E-state index contributed by atoms with van der Waals surface area (Å²) < 4.78 is 0. The molecule has 0 spiro atoms. The molecule has 0 N–H and O–H groups in total. The van der Waals surface area contributed by atoms with Crippen molar-refractivity contribution in [3.63, 3.8) is 0 Å². The van der Waals surface area contributed by atoms with E-state index in [4.69, 9.17) is 0 Å². The highest BCUT2D eigenvalue weighted by Crippen LogP contribution is 2.50. The summed E-state index contributed by atoms with van der Waals surface area (Å²) in [6.07, 6.45) is 9.09. The predicted molar refractivity (Wildman–Crippen MR) is 292 cm³/mol. The number of benzene rings is 9. The van der Waals surface area contributed by atoms with Gasteiger partial charge in [0.15, 0.2) is 0 Å². The molecule has 3 aliphatic rings. The van der Waals surface area contributed by atoms with Crippen LogP contribution in [0.2, 0.25) is 0 Å². The molecular weight excluding hydrogens is 817 g/mol. The summed E-state index contributed by atoms with van der Waals surface area (Å²) in [5.41, 5.74) is 28.2. The quantitative estimate of drug-likeness (QED) is 0.162. The van der Waals surface area contributed by atoms with Crippen molar-refractivity contribution in [1.82, 2.24) is 0 Å². The normalized spacial score (nSPS) is 14.5. The van der Waals surface area contributed by atoms with Crippen molar-refractivity contribution in [1.29, 1.82) is 0 Å². The maximum absolute atomic E-state index is 2.42. The molecule has 0 bridgehead atoms. The van der Waals surface area contributed by atoms with Crippen molar-refractivity contribution >= 4 is 5.57 Å². The molecule has 0 aliphatic heterocycles. The van der Waals surface area contributed by atoms with Crippen LogP contribution in [-0.4, -0.2) is 0 Å². The average molecular weight is 877 g/mol. The lowest BCUT2D eigenvalue weighted by Gasteiger charge is -2.22. The number of rotatable bonds is 5. The molecule has 0 aromatic heterocycles. The van der Waals surface area contributed by atoms with Crippen LogP contribution in [0.3, 0.4) is 0 Å². The monoisotopic (exact) mass is 876 g/mol. The van der Waals surface area contributed by atoms with E-state index >= 15 is 0 Å². The Morgan fingerprint density at radius 1 is 0.368 bits per heavy atom. The fourth-order valence-corrected chi connectivity index (χ4v) is 10.2. The lowest BCUT2D eigenvalue weighted by Crippen LogP contribution is -2.15. The van der Waals surface area contributed by atoms with E-state index in [2.05, 4.69) is 260 Å². The fraction of sp³-hybridized carbons (Fsp3) is 0.147. The summed E-state index contributed by atoms with van der Waals surface area (Å²) in [5, 5.41) is 0. The molecule has 0 fully saturated rings. The highest BCUT2D eigenvalue weighted by atomic mass is 14.4. The standard InChI is InChI=1S/C29H24.C20H20.C19H16/c1-18-8-12-24-25-13-11-20(17-28(25)29(2,3)27(24)14-18)19-9-10-22-15-21-6-4-5-7-23(21)26(22)16-19;1-15-6-10-17(11-7-15)19-4-3-5-20(14-19)18-12-8-16(2)9-13-18;1-15-10-12-17(13-11-15)19-9-5-8-18(14-19)16-6-3-2-4-7-16/h4-14,16-17H,15H2,1-3H3;3-8,10-14,16H,9H2,1-2H3;2-14H,1H3. The second-order valence-electron chi connectivity index (χ2n) is 19.6. The highest BCUT2D eigenvalue weighted by molar-refractivity contribution is 5.86. The summed E-state index contributed by atoms with van der Waals surface area (Å²) in [6, 6.07) is 75.2. The molecule has 1 unspecified atom stereocenters. The Bertz CT molecular complexity index is 3320. The van der Waals surface area contributed by atoms with Gasteiger partial charge in [0.25, 0.3) is 0 Å². The van der Waals surface area contributed by atoms with E-state index in [1.165, 1.54) is 117 Å². The zero-order valence-corrected chi connectivity index (χ0v) is 40.4. The Labute approximate surface area is 405 Å². The molecule has 12 rings (SSSR count). The molecule has 0 heterocycles. The van der Waals surface area contributed by atoms with E-state index in [9.17, 15) is 0 Å². The largest absolute Gasteiger partial charge is 0.0808 e. The Balaban J connectivity index is 0.000000123. The number of hydrogen-bond acceptors (Lipinski definition) is 0. The number of aryl methyl sites for hydroxylation is 3. The van der Waals surface area contributed by atoms with Gasteiger partial charge >= 0.3 is 0 Å². The SMILES string of the molecule is Cc1ccc(-c2cccc(-c3ccccc3)c2)cc1.Cc1ccc(-c2cccc(C3=CCC(C)C=C3)c2)cc1.Cc1ccc2c(c1)C(C)(C)c1cc(-c3ccc4c(c3)-c3ccccc3C4)ccc1-2. The molecule has 9 aromatic rings. The van der Waals surface area contributed by atoms with Crippen molar-refractivity contribution in [2.24, 2.45) is 5.92 Å². The molecule has 0 heteroatoms. The lowest BCUT2D eigenvalue weighted by molar-refractivity contribution is 0.660. The average Bonchev–Trinajstić information content (AvgIpc) is 3.86. The van der Waals surface area contributed by atoms with Gasteiger partial charge in [-0.15, -0.1) is 0 Å². The van der Waals surface area contributed by atoms with Gasteiger partial charge in [0, 0.05) is 5.41 Å². The topological polar surface area (TPSA) is 0 Å². The lowest BCUT2D eigenvalue weighted by atomic mass is 9.81. The molecule has 0 nitrogen and oxygen atoms in total. The summed E-state index contributed by atoms with van der Waals surface area (Å²) in [5.74, 6) is 0.666. The third-order valence-electron chi connectivity index (χ3n) is 14.2. The number of hydrogen-bond donors (Lipinski definition) is 0. The van der Waals surface area contributed by atoms with Gasteiger partial charge in [-0.05, 0) is 164 Å². The van der Waals surface area contributed by atoms with Gasteiger partial charge in [0.1, 0.15) is 0 Å². The first kappa shape index (κ1) is 44.3. The molecular formula is C68H60. The van der Waals surface area contributed by atoms with Crippen LogP contribution in [0, 0.1) is 26.7 Å². The van der Waals surface area contributed by atoms with E-state index in [-0.39, 0.29) is 5.41 Å². The van der Waals surface area contributed by atoms with Gasteiger partial charge < -0.3 is 0 Å². The van der Waals surface area contributed by atoms with Crippen molar-refractivity contribution in [2.75, 3.05) is 0 Å². The third-order valence-corrected chi connectivity index (χ3v) is 14.2. The second kappa shape index (κ2) is 19.0. The molecule has 3 aliphatic carbocycles. The molecule has 0 saturated heterocycles. The Morgan fingerprint density at radius 3 is 1.49 bits per heavy atom. The van der Waals surface area contributed by atoms with Crippen molar-refractivity contribution < 1.29 is 0 Å². The van der Waals surface area contributed by atoms with E-state index in [0.29, 0.717) is 5.92 Å². The van der Waals surface area contributed by atoms with Gasteiger partial charge in [0.05, 0.1) is 0 Å². The van der Waals surface area contributed by atoms with Gasteiger partial charge in [-0.2, -0.15) is 0 Å². The van der Waals surface area contributed by atoms with Crippen LogP contribution >= 0.6 is 0 Å². The maximum Gasteiger partial charge on any atom is 0.0159 e. The summed E-state index contributed by atoms with van der Waals surface area (Å²) in [4.78, 5) is 0. The van der Waals surface area contributed by atoms with Gasteiger partial charge in [-0.1, -0.05) is 238 Å². The van der Waals surface area contributed by atoms with Crippen LogP contribution in [0.4, 0.5) is 0 Å². The smallest absolute Gasteiger partial charge is 0.0159 e. The minimum absolute atomic E-state index is 0.0377. The van der Waals surface area contributed by atoms with E-state index in [1.54, 1.807) is 0 Å².